The number of amides is 2. The van der Waals surface area contributed by atoms with Crippen LogP contribution in [0.4, 0.5) is 0 Å². The fraction of sp³-hybridized carbons (Fsp3) is 0.250. The molecule has 9 heteroatoms. The average Bonchev–Trinajstić information content (AvgIpc) is 2.89. The second-order valence-electron chi connectivity index (χ2n) is 6.82. The zero-order chi connectivity index (χ0) is 21.3. The maximum Gasteiger partial charge on any atom is 0.334 e. The van der Waals surface area contributed by atoms with Crippen LogP contribution in [0.3, 0.4) is 0 Å². The van der Waals surface area contributed by atoms with E-state index in [0.717, 1.165) is 16.7 Å². The lowest BCUT2D eigenvalue weighted by molar-refractivity contribution is -0.138. The lowest BCUT2D eigenvalue weighted by Crippen LogP contribution is -2.47. The normalized spacial score (nSPS) is 14.7. The molecule has 0 bridgehead atoms. The summed E-state index contributed by atoms with van der Waals surface area (Å²) < 4.78 is 28.6. The van der Waals surface area contributed by atoms with Gasteiger partial charge in [0.2, 0.25) is 0 Å². The van der Waals surface area contributed by atoms with Gasteiger partial charge in [-0.2, -0.15) is 0 Å². The van der Waals surface area contributed by atoms with Gasteiger partial charge in [0, 0.05) is 6.26 Å². The smallest absolute Gasteiger partial charge is 0.334 e. The number of ether oxygens (including phenoxy) is 1. The highest BCUT2D eigenvalue weighted by atomic mass is 35.5. The Morgan fingerprint density at radius 3 is 2.24 bits per heavy atom. The third-order valence-electron chi connectivity index (χ3n) is 4.47. The largest absolute Gasteiger partial charge is 0.423 e. The third kappa shape index (κ3) is 4.49. The fourth-order valence-corrected chi connectivity index (χ4v) is 3.84. The van der Waals surface area contributed by atoms with Crippen LogP contribution in [-0.2, 0) is 14.6 Å². The maximum absolute atomic E-state index is 12.9. The van der Waals surface area contributed by atoms with Crippen molar-refractivity contribution in [2.75, 3.05) is 12.0 Å². The highest BCUT2D eigenvalue weighted by Gasteiger charge is 2.43. The van der Waals surface area contributed by atoms with E-state index >= 15 is 0 Å². The van der Waals surface area contributed by atoms with Gasteiger partial charge >= 0.3 is 5.97 Å². The average molecular weight is 436 g/mol. The number of hydrogen-bond donors (Lipinski definition) is 0. The molecule has 0 radical (unpaired) electrons. The van der Waals surface area contributed by atoms with Crippen LogP contribution >= 0.6 is 11.6 Å². The van der Waals surface area contributed by atoms with Crippen molar-refractivity contribution in [3.8, 4) is 5.75 Å². The second kappa shape index (κ2) is 7.96. The van der Waals surface area contributed by atoms with Gasteiger partial charge in [0.25, 0.3) is 11.8 Å². The second-order valence-corrected chi connectivity index (χ2v) is 9.48. The molecule has 1 heterocycles. The van der Waals surface area contributed by atoms with Crippen molar-refractivity contribution >= 4 is 39.2 Å². The molecule has 152 valence electrons. The summed E-state index contributed by atoms with van der Waals surface area (Å²) in [7, 11) is -3.46. The van der Waals surface area contributed by atoms with E-state index in [9.17, 15) is 22.8 Å². The maximum atomic E-state index is 12.9. The van der Waals surface area contributed by atoms with Gasteiger partial charge in [-0.3, -0.25) is 14.5 Å². The van der Waals surface area contributed by atoms with Crippen molar-refractivity contribution in [3.05, 3.63) is 64.2 Å². The quantitative estimate of drug-likeness (QED) is 0.393. The Kier molecular flexibility index (Phi) is 5.77. The lowest BCUT2D eigenvalue weighted by Gasteiger charge is -2.24. The number of imide groups is 1. The predicted molar refractivity (Wildman–Crippen MR) is 107 cm³/mol. The lowest BCUT2D eigenvalue weighted by atomic mass is 10.1. The fourth-order valence-electron chi connectivity index (χ4n) is 3.03. The van der Waals surface area contributed by atoms with E-state index < -0.39 is 39.4 Å². The summed E-state index contributed by atoms with van der Waals surface area (Å²) in [5, 5.41) is 0.174. The van der Waals surface area contributed by atoms with Gasteiger partial charge in [-0.05, 0) is 43.2 Å². The number of esters is 1. The molecule has 7 nitrogen and oxygen atoms in total. The molecule has 2 aromatic rings. The molecule has 29 heavy (non-hydrogen) atoms. The molecule has 1 aliphatic heterocycles. The summed E-state index contributed by atoms with van der Waals surface area (Å²) in [5.74, 6) is -2.61. The van der Waals surface area contributed by atoms with E-state index in [-0.39, 0.29) is 28.3 Å². The van der Waals surface area contributed by atoms with Gasteiger partial charge in [-0.15, -0.1) is 0 Å². The van der Waals surface area contributed by atoms with E-state index in [2.05, 4.69) is 0 Å². The molecule has 1 unspecified atom stereocenters. The Hall–Kier alpha value is -2.71. The number of halogens is 1. The summed E-state index contributed by atoms with van der Waals surface area (Å²) in [6, 6.07) is 9.56. The van der Waals surface area contributed by atoms with Gasteiger partial charge < -0.3 is 4.74 Å². The number of hydrogen-bond acceptors (Lipinski definition) is 6. The first-order valence-electron chi connectivity index (χ1n) is 8.71. The Morgan fingerprint density at radius 2 is 1.69 bits per heavy atom. The van der Waals surface area contributed by atoms with Crippen LogP contribution in [0.5, 0.6) is 5.75 Å². The Balaban J connectivity index is 1.95. The zero-order valence-electron chi connectivity index (χ0n) is 15.7. The molecular weight excluding hydrogens is 418 g/mol. The molecular formula is C20H18ClNO6S. The molecule has 0 aliphatic carbocycles. The van der Waals surface area contributed by atoms with Crippen LogP contribution in [0.2, 0.25) is 5.02 Å². The Labute approximate surface area is 173 Å². The predicted octanol–water partition coefficient (Wildman–Crippen LogP) is 2.65. The Bertz CT molecular complexity index is 1080. The molecule has 2 aromatic carbocycles. The van der Waals surface area contributed by atoms with Crippen LogP contribution in [0.15, 0.2) is 42.5 Å². The van der Waals surface area contributed by atoms with Crippen molar-refractivity contribution in [2.45, 2.75) is 19.4 Å². The number of rotatable bonds is 6. The van der Waals surface area contributed by atoms with Gasteiger partial charge in [-0.1, -0.05) is 29.8 Å². The molecule has 1 atom stereocenters. The number of nitrogens with zero attached hydrogens (tertiary/aromatic N) is 1. The number of fused-ring (bicyclic) bond motifs is 1. The number of carbonyl (C=O) groups excluding carboxylic acids is 3. The van der Waals surface area contributed by atoms with Gasteiger partial charge in [0.1, 0.15) is 21.6 Å². The molecule has 3 rings (SSSR count). The van der Waals surface area contributed by atoms with Crippen molar-refractivity contribution in [3.63, 3.8) is 0 Å². The standard InChI is InChI=1S/C20H18ClNO6S/c1-12-7-8-15(21)17(11-12)28-20(25)16(9-10-29(2,26)27)22-18(23)13-5-3-4-6-14(13)19(22)24/h3-8,11,16H,9-10H2,1-2H3. The molecule has 0 saturated heterocycles. The summed E-state index contributed by atoms with van der Waals surface area (Å²) >= 11 is 6.06. The number of sulfone groups is 1. The highest BCUT2D eigenvalue weighted by Crippen LogP contribution is 2.29. The minimum absolute atomic E-state index is 0.0673. The number of aryl methyl sites for hydroxylation is 1. The molecule has 0 saturated carbocycles. The van der Waals surface area contributed by atoms with E-state index in [1.165, 1.54) is 18.2 Å². The topological polar surface area (TPSA) is 97.8 Å². The summed E-state index contributed by atoms with van der Waals surface area (Å²) in [4.78, 5) is 39.2. The first kappa shape index (κ1) is 21.0. The van der Waals surface area contributed by atoms with E-state index in [1.807, 2.05) is 0 Å². The highest BCUT2D eigenvalue weighted by molar-refractivity contribution is 7.90. The summed E-state index contributed by atoms with van der Waals surface area (Å²) in [6.45, 7) is 1.78. The molecule has 0 fully saturated rings. The van der Waals surface area contributed by atoms with Crippen molar-refractivity contribution < 1.29 is 27.5 Å². The summed E-state index contributed by atoms with van der Waals surface area (Å²) in [6.07, 6.45) is 0.724. The van der Waals surface area contributed by atoms with Crippen molar-refractivity contribution in [1.29, 1.82) is 0 Å². The first-order valence-corrected chi connectivity index (χ1v) is 11.1. The zero-order valence-corrected chi connectivity index (χ0v) is 17.3. The van der Waals surface area contributed by atoms with Crippen LogP contribution in [0.1, 0.15) is 32.7 Å². The first-order chi connectivity index (χ1) is 13.6. The van der Waals surface area contributed by atoms with Gasteiger partial charge in [-0.25, -0.2) is 13.2 Å². The number of benzene rings is 2. The SMILES string of the molecule is Cc1ccc(Cl)c(OC(=O)C(CCS(C)(=O)=O)N2C(=O)c3ccccc3C2=O)c1. The minimum atomic E-state index is -3.46. The van der Waals surface area contributed by atoms with Crippen LogP contribution < -0.4 is 4.74 Å². The number of carbonyl (C=O) groups is 3. The van der Waals surface area contributed by atoms with Gasteiger partial charge in [0.05, 0.1) is 21.9 Å². The monoisotopic (exact) mass is 435 g/mol. The van der Waals surface area contributed by atoms with Crippen molar-refractivity contribution in [1.82, 2.24) is 4.90 Å². The van der Waals surface area contributed by atoms with E-state index in [1.54, 1.807) is 31.2 Å². The molecule has 0 spiro atoms. The molecule has 2 amide bonds. The molecule has 0 aromatic heterocycles. The molecule has 1 aliphatic rings. The molecule has 0 N–H and O–H groups in total. The van der Waals surface area contributed by atoms with Crippen LogP contribution in [0.25, 0.3) is 0 Å². The summed E-state index contributed by atoms with van der Waals surface area (Å²) in [5.41, 5.74) is 1.09. The van der Waals surface area contributed by atoms with Crippen molar-refractivity contribution in [2.24, 2.45) is 0 Å². The van der Waals surface area contributed by atoms with E-state index in [0.29, 0.717) is 0 Å². The third-order valence-corrected chi connectivity index (χ3v) is 5.76. The van der Waals surface area contributed by atoms with Gasteiger partial charge in [0.15, 0.2) is 0 Å². The minimum Gasteiger partial charge on any atom is -0.423 e. The Morgan fingerprint density at radius 1 is 1.10 bits per heavy atom. The van der Waals surface area contributed by atoms with E-state index in [4.69, 9.17) is 16.3 Å². The van der Waals surface area contributed by atoms with Crippen LogP contribution in [-0.4, -0.2) is 49.2 Å². The van der Waals surface area contributed by atoms with Crippen LogP contribution in [0, 0.1) is 6.92 Å².